The second-order valence-corrected chi connectivity index (χ2v) is 5.13. The number of hydrogen-bond acceptors (Lipinski definition) is 7. The Morgan fingerprint density at radius 3 is 2.59 bits per heavy atom. The van der Waals surface area contributed by atoms with Crippen LogP contribution in [0.3, 0.4) is 0 Å². The number of esters is 1. The highest BCUT2D eigenvalue weighted by molar-refractivity contribution is 5.91. The minimum Gasteiger partial charge on any atom is -0.476 e. The summed E-state index contributed by atoms with van der Waals surface area (Å²) in [5, 5.41) is 22.1. The fourth-order valence-electron chi connectivity index (χ4n) is 2.07. The van der Waals surface area contributed by atoms with E-state index < -0.39 is 51.8 Å². The van der Waals surface area contributed by atoms with E-state index in [1.807, 2.05) is 0 Å². The number of aromatic carboxylic acids is 1. The number of carbonyl (C=O) groups is 2. The lowest BCUT2D eigenvalue weighted by molar-refractivity contribution is -0.385. The number of ether oxygens (including phenoxy) is 1. The second-order valence-electron chi connectivity index (χ2n) is 5.13. The van der Waals surface area contributed by atoms with E-state index in [9.17, 15) is 32.9 Å². The van der Waals surface area contributed by atoms with Gasteiger partial charge in [0.25, 0.3) is 0 Å². The van der Waals surface area contributed by atoms with Crippen LogP contribution >= 0.6 is 0 Å². The number of nitrogens with one attached hydrogen (secondary N) is 1. The Labute approximate surface area is 151 Å². The van der Waals surface area contributed by atoms with E-state index in [1.54, 1.807) is 0 Å². The van der Waals surface area contributed by atoms with Crippen molar-refractivity contribution in [1.29, 1.82) is 0 Å². The summed E-state index contributed by atoms with van der Waals surface area (Å²) in [6.45, 7) is 4.90. The molecule has 148 valence electrons. The van der Waals surface area contributed by atoms with Gasteiger partial charge in [0.2, 0.25) is 5.69 Å². The number of hydrogen-bond donors (Lipinski definition) is 2. The number of nitro groups is 1. The molecule has 1 rings (SSSR count). The van der Waals surface area contributed by atoms with E-state index in [2.05, 4.69) is 16.9 Å². The Morgan fingerprint density at radius 1 is 1.52 bits per heavy atom. The summed E-state index contributed by atoms with van der Waals surface area (Å²) >= 11 is 0. The first-order chi connectivity index (χ1) is 12.5. The van der Waals surface area contributed by atoms with Gasteiger partial charge in [0.15, 0.2) is 0 Å². The molecular formula is C15H16F3N3O6. The summed E-state index contributed by atoms with van der Waals surface area (Å²) in [7, 11) is 0. The topological polar surface area (TPSA) is 132 Å². The van der Waals surface area contributed by atoms with Crippen molar-refractivity contribution in [3.8, 4) is 0 Å². The molecule has 9 nitrogen and oxygen atoms in total. The number of carboxylic acids is 1. The van der Waals surface area contributed by atoms with Gasteiger partial charge < -0.3 is 15.2 Å². The van der Waals surface area contributed by atoms with Crippen LogP contribution < -0.4 is 5.32 Å². The van der Waals surface area contributed by atoms with Gasteiger partial charge in [-0.15, -0.1) is 6.58 Å². The molecule has 0 saturated heterocycles. The molecule has 12 heteroatoms. The number of carbonyl (C=O) groups excluding carboxylic acids is 1. The number of halogens is 3. The molecule has 0 aliphatic rings. The number of aromatic nitrogens is 1. The Hall–Kier alpha value is -3.18. The number of anilines is 1. The fraction of sp³-hybridized carbons (Fsp3) is 0.400. The monoisotopic (exact) mass is 391 g/mol. The number of pyridine rings is 1. The van der Waals surface area contributed by atoms with Gasteiger partial charge in [0, 0.05) is 6.07 Å². The van der Waals surface area contributed by atoms with Gasteiger partial charge in [0.05, 0.1) is 11.5 Å². The van der Waals surface area contributed by atoms with Crippen LogP contribution in [0.5, 0.6) is 0 Å². The average Bonchev–Trinajstić information content (AvgIpc) is 2.56. The van der Waals surface area contributed by atoms with Crippen molar-refractivity contribution in [2.75, 3.05) is 11.9 Å². The lowest BCUT2D eigenvalue weighted by Crippen LogP contribution is -2.33. The number of alkyl halides is 3. The van der Waals surface area contributed by atoms with Gasteiger partial charge in [-0.05, 0) is 19.8 Å². The maximum atomic E-state index is 13.3. The summed E-state index contributed by atoms with van der Waals surface area (Å²) in [4.78, 5) is 36.0. The molecule has 1 aromatic heterocycles. The van der Waals surface area contributed by atoms with E-state index in [-0.39, 0.29) is 25.5 Å². The van der Waals surface area contributed by atoms with Gasteiger partial charge in [-0.3, -0.25) is 10.1 Å². The lowest BCUT2D eigenvalue weighted by atomic mass is 10.1. The van der Waals surface area contributed by atoms with Gasteiger partial charge in [-0.1, -0.05) is 6.08 Å². The Morgan fingerprint density at radius 2 is 2.15 bits per heavy atom. The predicted octanol–water partition coefficient (Wildman–Crippen LogP) is 3.02. The molecule has 0 aromatic carbocycles. The Balaban J connectivity index is 3.50. The van der Waals surface area contributed by atoms with E-state index >= 15 is 0 Å². The van der Waals surface area contributed by atoms with Crippen molar-refractivity contribution in [2.45, 2.75) is 32.0 Å². The molecule has 27 heavy (non-hydrogen) atoms. The summed E-state index contributed by atoms with van der Waals surface area (Å²) in [6, 6.07) is -1.23. The summed E-state index contributed by atoms with van der Waals surface area (Å²) in [5.41, 5.74) is -4.09. The second kappa shape index (κ2) is 8.96. The maximum Gasteiger partial charge on any atom is 0.420 e. The van der Waals surface area contributed by atoms with Crippen molar-refractivity contribution >= 4 is 23.4 Å². The van der Waals surface area contributed by atoms with E-state index in [0.29, 0.717) is 0 Å². The summed E-state index contributed by atoms with van der Waals surface area (Å²) < 4.78 is 44.7. The van der Waals surface area contributed by atoms with Gasteiger partial charge >= 0.3 is 23.8 Å². The smallest absolute Gasteiger partial charge is 0.420 e. The van der Waals surface area contributed by atoms with Crippen LogP contribution in [0.15, 0.2) is 18.7 Å². The third-order valence-electron chi connectivity index (χ3n) is 3.25. The van der Waals surface area contributed by atoms with Crippen molar-refractivity contribution in [2.24, 2.45) is 0 Å². The average molecular weight is 391 g/mol. The van der Waals surface area contributed by atoms with Crippen LogP contribution in [0, 0.1) is 10.1 Å². The molecule has 0 amide bonds. The molecule has 0 aliphatic heterocycles. The first-order valence-corrected chi connectivity index (χ1v) is 7.56. The predicted molar refractivity (Wildman–Crippen MR) is 86.3 cm³/mol. The number of carboxylic acid groups (broad SMARTS) is 1. The molecule has 1 heterocycles. The van der Waals surface area contributed by atoms with Gasteiger partial charge in [0.1, 0.15) is 17.4 Å². The Kier molecular flexibility index (Phi) is 7.26. The quantitative estimate of drug-likeness (QED) is 0.284. The standard InChI is InChI=1S/C15H16F3N3O6/c1-3-5-6-9(14(24)27-4-2)19-12-8(15(16,17)18)7-10(21(25)26)11(20-12)13(22)23/h3,7,9H,1,4-6H2,2H3,(H,19,20)(H,22,23). The van der Waals surface area contributed by atoms with Crippen LogP contribution in [0.1, 0.15) is 35.8 Å². The number of allylic oxidation sites excluding steroid dienone is 1. The number of nitrogens with zero attached hydrogens (tertiary/aromatic N) is 2. The summed E-state index contributed by atoms with van der Waals surface area (Å²) in [5.74, 6) is -3.80. The third-order valence-corrected chi connectivity index (χ3v) is 3.25. The number of rotatable bonds is 9. The zero-order valence-electron chi connectivity index (χ0n) is 14.1. The van der Waals surface area contributed by atoms with Crippen LogP contribution in [-0.4, -0.2) is 39.6 Å². The zero-order valence-corrected chi connectivity index (χ0v) is 14.1. The summed E-state index contributed by atoms with van der Waals surface area (Å²) in [6.07, 6.45) is -3.45. The van der Waals surface area contributed by atoms with Crippen LogP contribution in [0.25, 0.3) is 0 Å². The normalized spacial score (nSPS) is 12.1. The van der Waals surface area contributed by atoms with Gasteiger partial charge in [-0.25, -0.2) is 14.6 Å². The first kappa shape index (κ1) is 21.9. The molecule has 0 aliphatic carbocycles. The Bertz CT molecular complexity index is 751. The highest BCUT2D eigenvalue weighted by atomic mass is 19.4. The molecule has 1 atom stereocenters. The molecule has 0 bridgehead atoms. The molecule has 2 N–H and O–H groups in total. The first-order valence-electron chi connectivity index (χ1n) is 7.56. The van der Waals surface area contributed by atoms with Crippen molar-refractivity contribution in [3.63, 3.8) is 0 Å². The molecule has 0 spiro atoms. The van der Waals surface area contributed by atoms with Crippen LogP contribution in [-0.2, 0) is 15.7 Å². The zero-order chi connectivity index (χ0) is 20.8. The largest absolute Gasteiger partial charge is 0.476 e. The maximum absolute atomic E-state index is 13.3. The minimum atomic E-state index is -5.09. The molecule has 1 aromatic rings. The van der Waals surface area contributed by atoms with Crippen LogP contribution in [0.4, 0.5) is 24.7 Å². The third kappa shape index (κ3) is 5.66. The molecule has 0 radical (unpaired) electrons. The molecule has 1 unspecified atom stereocenters. The fourth-order valence-corrected chi connectivity index (χ4v) is 2.07. The van der Waals surface area contributed by atoms with E-state index in [0.717, 1.165) is 0 Å². The van der Waals surface area contributed by atoms with Crippen molar-refractivity contribution in [1.82, 2.24) is 4.98 Å². The molecular weight excluding hydrogens is 375 g/mol. The highest BCUT2D eigenvalue weighted by Crippen LogP contribution is 2.37. The SMILES string of the molecule is C=CCCC(Nc1nc(C(=O)O)c([N+](=O)[O-])cc1C(F)(F)F)C(=O)OCC. The van der Waals surface area contributed by atoms with E-state index in [1.165, 1.54) is 13.0 Å². The van der Waals surface area contributed by atoms with Crippen LogP contribution in [0.2, 0.25) is 0 Å². The van der Waals surface area contributed by atoms with Crippen molar-refractivity contribution < 1.29 is 37.5 Å². The highest BCUT2D eigenvalue weighted by Gasteiger charge is 2.39. The molecule has 0 saturated carbocycles. The van der Waals surface area contributed by atoms with Gasteiger partial charge in [-0.2, -0.15) is 13.2 Å². The van der Waals surface area contributed by atoms with Crippen molar-refractivity contribution in [3.05, 3.63) is 40.1 Å². The minimum absolute atomic E-state index is 0.0132. The molecule has 0 fully saturated rings. The van der Waals surface area contributed by atoms with E-state index in [4.69, 9.17) is 9.84 Å². The lowest BCUT2D eigenvalue weighted by Gasteiger charge is -2.20.